The average Bonchev–Trinajstić information content (AvgIpc) is 3.32. The topological polar surface area (TPSA) is 70.5 Å². The molecule has 1 aromatic rings. The maximum atomic E-state index is 9.25. The minimum Gasteiger partial charge on any atom is -0.394 e. The first-order valence-corrected chi connectivity index (χ1v) is 7.40. The molecule has 0 aromatic carbocycles. The Morgan fingerprint density at radius 3 is 3.00 bits per heavy atom. The molecule has 2 fully saturated rings. The summed E-state index contributed by atoms with van der Waals surface area (Å²) in [4.78, 5) is 11.5. The number of nitrogens with one attached hydrogen (secondary N) is 1. The second-order valence-corrected chi connectivity index (χ2v) is 5.40. The van der Waals surface area contributed by atoms with Gasteiger partial charge in [0.1, 0.15) is 17.5 Å². The summed E-state index contributed by atoms with van der Waals surface area (Å²) in [5.74, 6) is 3.32. The number of hydrogen-bond donors (Lipinski definition) is 2. The highest BCUT2D eigenvalue weighted by molar-refractivity contribution is 5.50. The van der Waals surface area contributed by atoms with Crippen LogP contribution in [0.5, 0.6) is 0 Å². The highest BCUT2D eigenvalue weighted by Crippen LogP contribution is 2.39. The van der Waals surface area contributed by atoms with Gasteiger partial charge in [-0.25, -0.2) is 9.97 Å². The summed E-state index contributed by atoms with van der Waals surface area (Å²) >= 11 is 0. The van der Waals surface area contributed by atoms with Crippen molar-refractivity contribution in [3.05, 3.63) is 11.9 Å². The zero-order valence-corrected chi connectivity index (χ0v) is 11.9. The lowest BCUT2D eigenvalue weighted by Gasteiger charge is -2.33. The Balaban J connectivity index is 1.83. The average molecular weight is 278 g/mol. The molecule has 0 amide bonds. The van der Waals surface area contributed by atoms with Crippen LogP contribution >= 0.6 is 0 Å². The molecule has 6 heteroatoms. The van der Waals surface area contributed by atoms with Crippen LogP contribution in [0.15, 0.2) is 6.07 Å². The minimum absolute atomic E-state index is 0.0527. The van der Waals surface area contributed by atoms with E-state index in [1.54, 1.807) is 0 Å². The largest absolute Gasteiger partial charge is 0.394 e. The van der Waals surface area contributed by atoms with Crippen molar-refractivity contribution in [3.8, 4) is 0 Å². The molecule has 2 N–H and O–H groups in total. The fraction of sp³-hybridized carbons (Fsp3) is 0.714. The van der Waals surface area contributed by atoms with E-state index in [0.717, 1.165) is 30.5 Å². The summed E-state index contributed by atoms with van der Waals surface area (Å²) in [5.41, 5.74) is 0. The standard InChI is InChI=1S/C14H22N4O2/c1-2-15-12-7-13(17-14(16-12)10-3-4-10)18-5-6-20-11(8-18)9-19/h7,10-11,19H,2-6,8-9H2,1H3,(H,15,16,17). The third-order valence-corrected chi connectivity index (χ3v) is 3.70. The van der Waals surface area contributed by atoms with Gasteiger partial charge in [-0.3, -0.25) is 0 Å². The second-order valence-electron chi connectivity index (χ2n) is 5.40. The lowest BCUT2D eigenvalue weighted by Crippen LogP contribution is -2.44. The van der Waals surface area contributed by atoms with Crippen molar-refractivity contribution in [1.82, 2.24) is 9.97 Å². The van der Waals surface area contributed by atoms with Crippen LogP contribution in [-0.4, -0.2) is 54.0 Å². The van der Waals surface area contributed by atoms with Crippen LogP contribution in [0.3, 0.4) is 0 Å². The highest BCUT2D eigenvalue weighted by Gasteiger charge is 2.29. The summed E-state index contributed by atoms with van der Waals surface area (Å²) in [7, 11) is 0. The van der Waals surface area contributed by atoms with Gasteiger partial charge in [-0.05, 0) is 19.8 Å². The van der Waals surface area contributed by atoms with Gasteiger partial charge in [0.2, 0.25) is 0 Å². The van der Waals surface area contributed by atoms with Gasteiger partial charge in [-0.2, -0.15) is 0 Å². The number of aliphatic hydroxyl groups excluding tert-OH is 1. The molecule has 0 spiro atoms. The molecule has 110 valence electrons. The first-order chi connectivity index (χ1) is 9.80. The van der Waals surface area contributed by atoms with Crippen molar-refractivity contribution in [2.75, 3.05) is 43.1 Å². The van der Waals surface area contributed by atoms with Gasteiger partial charge in [0, 0.05) is 31.6 Å². The number of morpholine rings is 1. The highest BCUT2D eigenvalue weighted by atomic mass is 16.5. The molecule has 1 saturated carbocycles. The fourth-order valence-corrected chi connectivity index (χ4v) is 2.45. The maximum Gasteiger partial charge on any atom is 0.136 e. The second kappa shape index (κ2) is 5.93. The van der Waals surface area contributed by atoms with Crippen LogP contribution in [0.4, 0.5) is 11.6 Å². The third kappa shape index (κ3) is 3.02. The van der Waals surface area contributed by atoms with Crippen molar-refractivity contribution < 1.29 is 9.84 Å². The zero-order chi connectivity index (χ0) is 13.9. The zero-order valence-electron chi connectivity index (χ0n) is 11.9. The summed E-state index contributed by atoms with van der Waals surface area (Å²) in [6.45, 7) is 5.09. The number of aliphatic hydroxyl groups is 1. The SMILES string of the molecule is CCNc1cc(N2CCOC(CO)C2)nc(C2CC2)n1. The number of hydrogen-bond acceptors (Lipinski definition) is 6. The molecule has 1 aromatic heterocycles. The van der Waals surface area contributed by atoms with E-state index < -0.39 is 0 Å². The summed E-state index contributed by atoms with van der Waals surface area (Å²) in [5, 5.41) is 12.5. The van der Waals surface area contributed by atoms with Crippen LogP contribution in [0.1, 0.15) is 31.5 Å². The Hall–Kier alpha value is -1.40. The summed E-state index contributed by atoms with van der Waals surface area (Å²) in [6.07, 6.45) is 2.26. The van der Waals surface area contributed by atoms with Crippen molar-refractivity contribution in [3.63, 3.8) is 0 Å². The molecule has 20 heavy (non-hydrogen) atoms. The molecular formula is C14H22N4O2. The van der Waals surface area contributed by atoms with Crippen molar-refractivity contribution in [2.45, 2.75) is 31.8 Å². The minimum atomic E-state index is -0.120. The molecule has 1 aliphatic carbocycles. The normalized spacial score (nSPS) is 22.9. The quantitative estimate of drug-likeness (QED) is 0.837. The van der Waals surface area contributed by atoms with Crippen molar-refractivity contribution in [1.29, 1.82) is 0 Å². The van der Waals surface area contributed by atoms with E-state index in [4.69, 9.17) is 9.72 Å². The predicted octanol–water partition coefficient (Wildman–Crippen LogP) is 0.983. The van der Waals surface area contributed by atoms with Crippen LogP contribution in [-0.2, 0) is 4.74 Å². The third-order valence-electron chi connectivity index (χ3n) is 3.70. The van der Waals surface area contributed by atoms with E-state index >= 15 is 0 Å². The van der Waals surface area contributed by atoms with E-state index in [-0.39, 0.29) is 12.7 Å². The van der Waals surface area contributed by atoms with Gasteiger partial charge in [-0.1, -0.05) is 0 Å². The first kappa shape index (κ1) is 13.6. The number of anilines is 2. The Labute approximate surface area is 119 Å². The van der Waals surface area contributed by atoms with Crippen LogP contribution in [0.2, 0.25) is 0 Å². The number of rotatable bonds is 5. The number of ether oxygens (including phenoxy) is 1. The Bertz CT molecular complexity index is 464. The molecule has 3 rings (SSSR count). The summed E-state index contributed by atoms with van der Waals surface area (Å²) in [6, 6.07) is 2.00. The van der Waals surface area contributed by atoms with Gasteiger partial charge in [0.05, 0.1) is 19.3 Å². The molecule has 2 aliphatic rings. The lowest BCUT2D eigenvalue weighted by molar-refractivity contribution is 0.00335. The van der Waals surface area contributed by atoms with Gasteiger partial charge < -0.3 is 20.1 Å². The van der Waals surface area contributed by atoms with E-state index in [1.165, 1.54) is 12.8 Å². The van der Waals surface area contributed by atoms with Gasteiger partial charge >= 0.3 is 0 Å². The molecule has 1 atom stereocenters. The molecule has 1 unspecified atom stereocenters. The van der Waals surface area contributed by atoms with Gasteiger partial charge in [0.25, 0.3) is 0 Å². The first-order valence-electron chi connectivity index (χ1n) is 7.40. The predicted molar refractivity (Wildman–Crippen MR) is 77.2 cm³/mol. The maximum absolute atomic E-state index is 9.25. The Morgan fingerprint density at radius 1 is 1.45 bits per heavy atom. The number of aromatic nitrogens is 2. The van der Waals surface area contributed by atoms with E-state index in [9.17, 15) is 5.11 Å². The molecule has 1 saturated heterocycles. The van der Waals surface area contributed by atoms with E-state index in [1.807, 2.05) is 6.07 Å². The summed E-state index contributed by atoms with van der Waals surface area (Å²) < 4.78 is 5.50. The molecular weight excluding hydrogens is 256 g/mol. The van der Waals surface area contributed by atoms with Crippen LogP contribution < -0.4 is 10.2 Å². The monoisotopic (exact) mass is 278 g/mol. The van der Waals surface area contributed by atoms with Gasteiger partial charge in [0.15, 0.2) is 0 Å². The number of nitrogens with zero attached hydrogens (tertiary/aromatic N) is 3. The molecule has 1 aliphatic heterocycles. The van der Waals surface area contributed by atoms with Gasteiger partial charge in [-0.15, -0.1) is 0 Å². The fourth-order valence-electron chi connectivity index (χ4n) is 2.45. The van der Waals surface area contributed by atoms with Crippen LogP contribution in [0, 0.1) is 0 Å². The van der Waals surface area contributed by atoms with E-state index in [0.29, 0.717) is 19.1 Å². The smallest absolute Gasteiger partial charge is 0.136 e. The van der Waals surface area contributed by atoms with Crippen LogP contribution in [0.25, 0.3) is 0 Å². The molecule has 0 radical (unpaired) electrons. The van der Waals surface area contributed by atoms with Crippen molar-refractivity contribution in [2.24, 2.45) is 0 Å². The molecule has 0 bridgehead atoms. The molecule has 2 heterocycles. The van der Waals surface area contributed by atoms with Crippen molar-refractivity contribution >= 4 is 11.6 Å². The lowest BCUT2D eigenvalue weighted by atomic mass is 10.2. The van der Waals surface area contributed by atoms with E-state index in [2.05, 4.69) is 22.1 Å². The Morgan fingerprint density at radius 2 is 2.30 bits per heavy atom. The molecule has 6 nitrogen and oxygen atoms in total. The Kier molecular flexibility index (Phi) is 4.03.